The fourth-order valence-electron chi connectivity index (χ4n) is 2.93. The van der Waals surface area contributed by atoms with E-state index in [1.165, 1.54) is 19.2 Å². The highest BCUT2D eigenvalue weighted by molar-refractivity contribution is 6.31. The quantitative estimate of drug-likeness (QED) is 0.676. The third kappa shape index (κ3) is 4.71. The number of nitrogens with zero attached hydrogens (tertiary/aromatic N) is 4. The third-order valence-electron chi connectivity index (χ3n) is 4.59. The highest BCUT2D eigenvalue weighted by atomic mass is 35.5. The van der Waals surface area contributed by atoms with Crippen LogP contribution in [0.1, 0.15) is 23.4 Å². The van der Waals surface area contributed by atoms with Crippen molar-refractivity contribution in [2.75, 3.05) is 17.0 Å². The number of anilines is 2. The van der Waals surface area contributed by atoms with Crippen LogP contribution in [0.2, 0.25) is 5.02 Å². The molecule has 2 heterocycles. The molecule has 2 amide bonds. The van der Waals surface area contributed by atoms with E-state index >= 15 is 0 Å². The molecule has 1 N–H and O–H groups in total. The van der Waals surface area contributed by atoms with Gasteiger partial charge in [-0.05, 0) is 36.8 Å². The third-order valence-corrected chi connectivity index (χ3v) is 5.01. The first-order chi connectivity index (χ1) is 14.7. The lowest BCUT2D eigenvalue weighted by Crippen LogP contribution is -2.49. The van der Waals surface area contributed by atoms with Gasteiger partial charge in [0.15, 0.2) is 11.4 Å². The summed E-state index contributed by atoms with van der Waals surface area (Å²) >= 11 is 5.95. The molecule has 1 atom stereocenters. The molecule has 1 saturated heterocycles. The average Bonchev–Trinajstić information content (AvgIpc) is 3.09. The molecule has 14 heteroatoms. The van der Waals surface area contributed by atoms with E-state index in [0.29, 0.717) is 21.3 Å². The molecule has 3 rings (SSSR count). The number of carbonyl (C=O) groups excluding carboxylic acids is 2. The van der Waals surface area contributed by atoms with Gasteiger partial charge in [0, 0.05) is 17.8 Å². The van der Waals surface area contributed by atoms with Crippen LogP contribution in [0.3, 0.4) is 0 Å². The van der Waals surface area contributed by atoms with Crippen molar-refractivity contribution in [3.63, 3.8) is 0 Å². The zero-order chi connectivity index (χ0) is 24.0. The number of likely N-dealkylation sites (N-methyl/N-ethyl adjacent to an activating group) is 1. The number of hydrogen-bond donors (Lipinski definition) is 1. The summed E-state index contributed by atoms with van der Waals surface area (Å²) in [4.78, 5) is 32.2. The van der Waals surface area contributed by atoms with Gasteiger partial charge < -0.3 is 4.90 Å². The van der Waals surface area contributed by atoms with Crippen molar-refractivity contribution < 1.29 is 35.9 Å². The van der Waals surface area contributed by atoms with E-state index in [1.54, 1.807) is 13.0 Å². The lowest BCUT2D eigenvalue weighted by molar-refractivity contribution is -0.147. The molecular formula is C18H14ClF6N5O2. The molecule has 172 valence electrons. The maximum atomic E-state index is 13.1. The SMILES string of the molecule is Cc1cc(N(C)C(=O)C2CC(=O)NN2c2nc(C(F)(F)F)cc(C(F)(F)F)n2)ccc1Cl. The monoisotopic (exact) mass is 481 g/mol. The number of rotatable bonds is 3. The van der Waals surface area contributed by atoms with Crippen LogP contribution in [0, 0.1) is 6.92 Å². The first-order valence-corrected chi connectivity index (χ1v) is 9.22. The van der Waals surface area contributed by atoms with Gasteiger partial charge in [0.25, 0.3) is 5.91 Å². The Morgan fingerprint density at radius 3 is 2.19 bits per heavy atom. The van der Waals surface area contributed by atoms with Gasteiger partial charge >= 0.3 is 12.4 Å². The zero-order valence-corrected chi connectivity index (χ0v) is 17.1. The molecular weight excluding hydrogens is 468 g/mol. The fourth-order valence-corrected chi connectivity index (χ4v) is 3.05. The number of halogens is 7. The van der Waals surface area contributed by atoms with Crippen LogP contribution < -0.4 is 15.3 Å². The van der Waals surface area contributed by atoms with Crippen molar-refractivity contribution in [3.8, 4) is 0 Å². The van der Waals surface area contributed by atoms with Gasteiger partial charge in [-0.15, -0.1) is 0 Å². The topological polar surface area (TPSA) is 78.4 Å². The molecule has 1 aromatic heterocycles. The number of aromatic nitrogens is 2. The minimum Gasteiger partial charge on any atom is -0.314 e. The van der Waals surface area contributed by atoms with E-state index in [2.05, 4.69) is 15.4 Å². The molecule has 2 aromatic rings. The molecule has 7 nitrogen and oxygen atoms in total. The number of nitrogens with one attached hydrogen (secondary N) is 1. The van der Waals surface area contributed by atoms with Crippen LogP contribution in [0.25, 0.3) is 0 Å². The molecule has 1 aromatic carbocycles. The molecule has 1 aliphatic heterocycles. The minimum absolute atomic E-state index is 0.249. The average molecular weight is 482 g/mol. The standard InChI is InChI=1S/C18H14ClF6N5O2/c1-8-5-9(3-4-10(8)19)29(2)15(32)11-6-14(31)28-30(11)16-26-12(17(20,21)22)7-13(27-16)18(23,24)25/h3-5,7,11H,6H2,1-2H3,(H,28,31). The number of carbonyl (C=O) groups is 2. The summed E-state index contributed by atoms with van der Waals surface area (Å²) in [6, 6.07) is 2.81. The van der Waals surface area contributed by atoms with Gasteiger partial charge in [-0.3, -0.25) is 15.0 Å². The van der Waals surface area contributed by atoms with E-state index in [1.807, 2.05) is 0 Å². The summed E-state index contributed by atoms with van der Waals surface area (Å²) in [7, 11) is 1.33. The summed E-state index contributed by atoms with van der Waals surface area (Å²) in [6.45, 7) is 1.67. The van der Waals surface area contributed by atoms with E-state index in [0.717, 1.165) is 4.90 Å². The Bertz CT molecular complexity index is 1040. The maximum absolute atomic E-state index is 13.1. The van der Waals surface area contributed by atoms with Crippen LogP contribution in [0.5, 0.6) is 0 Å². The Kier molecular flexibility index (Phi) is 5.98. The Morgan fingerprint density at radius 2 is 1.69 bits per heavy atom. The van der Waals surface area contributed by atoms with Crippen molar-refractivity contribution in [1.29, 1.82) is 0 Å². The van der Waals surface area contributed by atoms with Gasteiger partial charge in [-0.1, -0.05) is 11.6 Å². The van der Waals surface area contributed by atoms with Crippen molar-refractivity contribution in [3.05, 3.63) is 46.2 Å². The fraction of sp³-hybridized carbons (Fsp3) is 0.333. The first kappa shape index (κ1) is 23.6. The second kappa shape index (κ2) is 8.11. The van der Waals surface area contributed by atoms with Crippen LogP contribution in [0.15, 0.2) is 24.3 Å². The Morgan fingerprint density at radius 1 is 1.12 bits per heavy atom. The normalized spacial score (nSPS) is 16.8. The predicted molar refractivity (Wildman–Crippen MR) is 101 cm³/mol. The smallest absolute Gasteiger partial charge is 0.314 e. The van der Waals surface area contributed by atoms with Gasteiger partial charge in [0.05, 0.1) is 6.42 Å². The molecule has 1 unspecified atom stereocenters. The van der Waals surface area contributed by atoms with Gasteiger partial charge in [-0.2, -0.15) is 26.3 Å². The maximum Gasteiger partial charge on any atom is 0.433 e. The number of hydrazine groups is 1. The van der Waals surface area contributed by atoms with Crippen LogP contribution in [-0.2, 0) is 21.9 Å². The van der Waals surface area contributed by atoms with Gasteiger partial charge in [0.1, 0.15) is 6.04 Å². The van der Waals surface area contributed by atoms with Crippen LogP contribution >= 0.6 is 11.6 Å². The van der Waals surface area contributed by atoms with Gasteiger partial charge in [-0.25, -0.2) is 15.0 Å². The van der Waals surface area contributed by atoms with Crippen molar-refractivity contribution in [2.24, 2.45) is 0 Å². The van der Waals surface area contributed by atoms with E-state index in [4.69, 9.17) is 11.6 Å². The molecule has 0 saturated carbocycles. The van der Waals surface area contributed by atoms with E-state index in [-0.39, 0.29) is 6.07 Å². The molecule has 0 radical (unpaired) electrons. The number of alkyl halides is 6. The van der Waals surface area contributed by atoms with E-state index < -0.39 is 54.0 Å². The second-order valence-corrected chi connectivity index (χ2v) is 7.30. The van der Waals surface area contributed by atoms with Crippen molar-refractivity contribution in [1.82, 2.24) is 15.4 Å². The first-order valence-electron chi connectivity index (χ1n) is 8.84. The summed E-state index contributed by atoms with van der Waals surface area (Å²) < 4.78 is 78.8. The van der Waals surface area contributed by atoms with Crippen molar-refractivity contribution >= 4 is 35.1 Å². The van der Waals surface area contributed by atoms with Gasteiger partial charge in [0.2, 0.25) is 11.9 Å². The Balaban J connectivity index is 2.02. The highest BCUT2D eigenvalue weighted by Crippen LogP contribution is 2.35. The lowest BCUT2D eigenvalue weighted by Gasteiger charge is -2.27. The second-order valence-electron chi connectivity index (χ2n) is 6.89. The summed E-state index contributed by atoms with van der Waals surface area (Å²) in [5.74, 6) is -2.71. The molecule has 0 aliphatic carbocycles. The van der Waals surface area contributed by atoms with Crippen molar-refractivity contribution in [2.45, 2.75) is 31.7 Å². The summed E-state index contributed by atoms with van der Waals surface area (Å²) in [6.07, 6.45) is -11.0. The Labute approximate surface area is 182 Å². The predicted octanol–water partition coefficient (Wildman–Crippen LogP) is 3.75. The summed E-state index contributed by atoms with van der Waals surface area (Å²) in [5.41, 5.74) is -0.724. The molecule has 1 fully saturated rings. The van der Waals surface area contributed by atoms with E-state index in [9.17, 15) is 35.9 Å². The van der Waals surface area contributed by atoms with Crippen LogP contribution in [0.4, 0.5) is 38.0 Å². The lowest BCUT2D eigenvalue weighted by atomic mass is 10.1. The molecule has 32 heavy (non-hydrogen) atoms. The minimum atomic E-state index is -5.22. The molecule has 0 spiro atoms. The number of aryl methyl sites for hydroxylation is 1. The number of benzene rings is 1. The molecule has 1 aliphatic rings. The number of amides is 2. The largest absolute Gasteiger partial charge is 0.433 e. The molecule has 0 bridgehead atoms. The zero-order valence-electron chi connectivity index (χ0n) is 16.3. The number of hydrogen-bond acceptors (Lipinski definition) is 5. The van der Waals surface area contributed by atoms with Crippen LogP contribution in [-0.4, -0.2) is 34.9 Å². The Hall–Kier alpha value is -3.09. The summed E-state index contributed by atoms with van der Waals surface area (Å²) in [5, 5.41) is 0.931. The highest BCUT2D eigenvalue weighted by Gasteiger charge is 2.44.